The van der Waals surface area contributed by atoms with Gasteiger partial charge in [0.05, 0.1) is 33.0 Å². The lowest BCUT2D eigenvalue weighted by Gasteiger charge is -2.38. The maximum atomic E-state index is 13.6. The molecule has 0 spiro atoms. The van der Waals surface area contributed by atoms with Gasteiger partial charge in [-0.25, -0.2) is 4.79 Å². The molecule has 6 heteroatoms. The second-order valence-corrected chi connectivity index (χ2v) is 8.99. The molecule has 1 atom stereocenters. The summed E-state index contributed by atoms with van der Waals surface area (Å²) >= 11 is 0. The van der Waals surface area contributed by atoms with Gasteiger partial charge >= 0.3 is 5.97 Å². The highest BCUT2D eigenvalue weighted by Gasteiger charge is 2.37. The average Bonchev–Trinajstić information content (AvgIpc) is 2.89. The lowest BCUT2D eigenvalue weighted by molar-refractivity contribution is -0.143. The predicted molar refractivity (Wildman–Crippen MR) is 141 cm³/mol. The van der Waals surface area contributed by atoms with Gasteiger partial charge in [0.2, 0.25) is 0 Å². The SMILES string of the molecule is COc1ccc(CN2C(C)=C(C(=O)OC(C)C)[C@H](c3ccc(OC)c(OC)c3)c3ccccc32)cc1. The van der Waals surface area contributed by atoms with Gasteiger partial charge in [0.1, 0.15) is 5.75 Å². The fraction of sp³-hybridized carbons (Fsp3) is 0.300. The van der Waals surface area contributed by atoms with E-state index in [-0.39, 0.29) is 18.0 Å². The van der Waals surface area contributed by atoms with Gasteiger partial charge in [0.25, 0.3) is 0 Å². The van der Waals surface area contributed by atoms with Crippen molar-refractivity contribution in [2.45, 2.75) is 39.3 Å². The summed E-state index contributed by atoms with van der Waals surface area (Å²) in [5, 5.41) is 0. The summed E-state index contributed by atoms with van der Waals surface area (Å²) in [7, 11) is 4.88. The van der Waals surface area contributed by atoms with Crippen molar-refractivity contribution in [2.24, 2.45) is 0 Å². The standard InChI is InChI=1S/C30H33NO5/c1-19(2)36-30(32)28-20(3)31(18-21-11-14-23(33-4)15-12-21)25-10-8-7-9-24(25)29(28)22-13-16-26(34-5)27(17-22)35-6/h7-17,19,29H,18H2,1-6H3/t29-/m1/s1. The van der Waals surface area contributed by atoms with Crippen LogP contribution < -0.4 is 19.1 Å². The van der Waals surface area contributed by atoms with Crippen molar-refractivity contribution in [3.05, 3.63) is 94.7 Å². The lowest BCUT2D eigenvalue weighted by Crippen LogP contribution is -2.33. The smallest absolute Gasteiger partial charge is 0.337 e. The van der Waals surface area contributed by atoms with E-state index in [9.17, 15) is 4.79 Å². The molecule has 0 fully saturated rings. The number of esters is 1. The molecule has 0 aliphatic carbocycles. The molecule has 0 aromatic heterocycles. The van der Waals surface area contributed by atoms with Crippen molar-refractivity contribution < 1.29 is 23.7 Å². The van der Waals surface area contributed by atoms with E-state index < -0.39 is 0 Å². The number of methoxy groups -OCH3 is 3. The Kier molecular flexibility index (Phi) is 7.53. The van der Waals surface area contributed by atoms with E-state index in [1.807, 2.05) is 75.4 Å². The summed E-state index contributed by atoms with van der Waals surface area (Å²) in [6.07, 6.45) is -0.240. The third kappa shape index (κ3) is 4.89. The summed E-state index contributed by atoms with van der Waals surface area (Å²) in [5.74, 6) is 1.41. The van der Waals surface area contributed by atoms with Gasteiger partial charge in [0.15, 0.2) is 11.5 Å². The van der Waals surface area contributed by atoms with Crippen LogP contribution in [0, 0.1) is 0 Å². The first-order valence-corrected chi connectivity index (χ1v) is 12.0. The summed E-state index contributed by atoms with van der Waals surface area (Å²) in [5.41, 5.74) is 5.58. The number of benzene rings is 3. The van der Waals surface area contributed by atoms with E-state index in [1.165, 1.54) is 0 Å². The minimum absolute atomic E-state index is 0.240. The predicted octanol–water partition coefficient (Wildman–Crippen LogP) is 6.09. The van der Waals surface area contributed by atoms with Gasteiger partial charge in [-0.15, -0.1) is 0 Å². The van der Waals surface area contributed by atoms with Crippen molar-refractivity contribution in [3.8, 4) is 17.2 Å². The van der Waals surface area contributed by atoms with Crippen LogP contribution in [0.2, 0.25) is 0 Å². The summed E-state index contributed by atoms with van der Waals surface area (Å²) in [6.45, 7) is 6.32. The van der Waals surface area contributed by atoms with E-state index in [0.29, 0.717) is 23.6 Å². The first-order chi connectivity index (χ1) is 17.4. The number of hydrogen-bond donors (Lipinski definition) is 0. The van der Waals surface area contributed by atoms with Crippen LogP contribution in [0.25, 0.3) is 0 Å². The minimum atomic E-state index is -0.323. The zero-order valence-electron chi connectivity index (χ0n) is 21.7. The average molecular weight is 488 g/mol. The molecule has 1 heterocycles. The molecule has 0 N–H and O–H groups in total. The van der Waals surface area contributed by atoms with Crippen LogP contribution in [0.5, 0.6) is 17.2 Å². The van der Waals surface area contributed by atoms with E-state index in [4.69, 9.17) is 18.9 Å². The minimum Gasteiger partial charge on any atom is -0.497 e. The fourth-order valence-corrected chi connectivity index (χ4v) is 4.71. The van der Waals surface area contributed by atoms with Gasteiger partial charge in [-0.3, -0.25) is 0 Å². The van der Waals surface area contributed by atoms with Crippen LogP contribution in [0.15, 0.2) is 78.0 Å². The molecule has 0 amide bonds. The molecule has 0 saturated heterocycles. The Hall–Kier alpha value is -3.93. The Balaban J connectivity index is 1.88. The number of para-hydroxylation sites is 1. The fourth-order valence-electron chi connectivity index (χ4n) is 4.71. The molecule has 1 aliphatic heterocycles. The summed E-state index contributed by atoms with van der Waals surface area (Å²) in [6, 6.07) is 22.0. The maximum absolute atomic E-state index is 13.6. The topological polar surface area (TPSA) is 57.2 Å². The molecule has 6 nitrogen and oxygen atoms in total. The third-order valence-corrected chi connectivity index (χ3v) is 6.43. The molecule has 36 heavy (non-hydrogen) atoms. The van der Waals surface area contributed by atoms with Crippen LogP contribution in [0.4, 0.5) is 5.69 Å². The van der Waals surface area contributed by atoms with Gasteiger partial charge in [-0.1, -0.05) is 36.4 Å². The Bertz CT molecular complexity index is 1260. The highest BCUT2D eigenvalue weighted by atomic mass is 16.5. The highest BCUT2D eigenvalue weighted by molar-refractivity contribution is 5.95. The number of anilines is 1. The van der Waals surface area contributed by atoms with E-state index in [1.54, 1.807) is 21.3 Å². The van der Waals surface area contributed by atoms with E-state index in [2.05, 4.69) is 17.0 Å². The maximum Gasteiger partial charge on any atom is 0.337 e. The monoisotopic (exact) mass is 487 g/mol. The second-order valence-electron chi connectivity index (χ2n) is 8.99. The van der Waals surface area contributed by atoms with Crippen LogP contribution in [-0.2, 0) is 16.1 Å². The zero-order chi connectivity index (χ0) is 25.8. The molecule has 0 unspecified atom stereocenters. The van der Waals surface area contributed by atoms with Crippen LogP contribution >= 0.6 is 0 Å². The van der Waals surface area contributed by atoms with Crippen LogP contribution in [0.3, 0.4) is 0 Å². The lowest BCUT2D eigenvalue weighted by atomic mass is 9.79. The molecule has 3 aromatic carbocycles. The normalized spacial score (nSPS) is 15.0. The first-order valence-electron chi connectivity index (χ1n) is 12.0. The van der Waals surface area contributed by atoms with Crippen molar-refractivity contribution in [1.29, 1.82) is 0 Å². The number of hydrogen-bond acceptors (Lipinski definition) is 6. The van der Waals surface area contributed by atoms with Crippen molar-refractivity contribution in [1.82, 2.24) is 0 Å². The van der Waals surface area contributed by atoms with E-state index in [0.717, 1.165) is 33.8 Å². The van der Waals surface area contributed by atoms with Crippen molar-refractivity contribution in [3.63, 3.8) is 0 Å². The molecular weight excluding hydrogens is 454 g/mol. The largest absolute Gasteiger partial charge is 0.497 e. The van der Waals surface area contributed by atoms with Gasteiger partial charge < -0.3 is 23.8 Å². The number of carbonyl (C=O) groups excluding carboxylic acids is 1. The number of nitrogens with zero attached hydrogens (tertiary/aromatic N) is 1. The molecule has 0 saturated carbocycles. The van der Waals surface area contributed by atoms with Gasteiger partial charge in [0, 0.05) is 23.8 Å². The molecular formula is C30H33NO5. The Morgan fingerprint density at radius 3 is 2.22 bits per heavy atom. The van der Waals surface area contributed by atoms with Crippen molar-refractivity contribution >= 4 is 11.7 Å². The Morgan fingerprint density at radius 1 is 0.889 bits per heavy atom. The Labute approximate surface area is 213 Å². The van der Waals surface area contributed by atoms with Gasteiger partial charge in [-0.2, -0.15) is 0 Å². The molecule has 188 valence electrons. The van der Waals surface area contributed by atoms with Crippen LogP contribution in [0.1, 0.15) is 43.4 Å². The molecule has 4 rings (SSSR count). The van der Waals surface area contributed by atoms with Crippen molar-refractivity contribution in [2.75, 3.05) is 26.2 Å². The zero-order valence-corrected chi connectivity index (χ0v) is 21.7. The number of rotatable bonds is 8. The highest BCUT2D eigenvalue weighted by Crippen LogP contribution is 2.47. The Morgan fingerprint density at radius 2 is 1.58 bits per heavy atom. The number of allylic oxidation sites excluding steroid dienone is 1. The summed E-state index contributed by atoms with van der Waals surface area (Å²) < 4.78 is 22.1. The second kappa shape index (κ2) is 10.8. The molecule has 0 bridgehead atoms. The molecule has 3 aromatic rings. The van der Waals surface area contributed by atoms with Gasteiger partial charge in [-0.05, 0) is 67.8 Å². The summed E-state index contributed by atoms with van der Waals surface area (Å²) in [4.78, 5) is 15.8. The number of ether oxygens (including phenoxy) is 4. The third-order valence-electron chi connectivity index (χ3n) is 6.43. The number of carbonyl (C=O) groups is 1. The van der Waals surface area contributed by atoms with E-state index >= 15 is 0 Å². The van der Waals surface area contributed by atoms with Crippen LogP contribution in [-0.4, -0.2) is 33.4 Å². The molecule has 1 aliphatic rings. The quantitative estimate of drug-likeness (QED) is 0.359. The number of fused-ring (bicyclic) bond motifs is 1. The molecule has 0 radical (unpaired) electrons. The first kappa shape index (κ1) is 25.2.